The van der Waals surface area contributed by atoms with Crippen LogP contribution in [-0.4, -0.2) is 10.9 Å². The Balaban J connectivity index is 2.13. The zero-order chi connectivity index (χ0) is 11.1. The lowest BCUT2D eigenvalue weighted by molar-refractivity contribution is -0.0919. The van der Waals surface area contributed by atoms with E-state index in [0.717, 1.165) is 5.69 Å². The summed E-state index contributed by atoms with van der Waals surface area (Å²) in [5.74, 6) is -1.48. The molecule has 1 saturated carbocycles. The quantitative estimate of drug-likeness (QED) is 0.750. The third-order valence-corrected chi connectivity index (χ3v) is 2.93. The standard InChI is InChI=1S/C10H12ClF2NO/c1-2-7-8(5-11)15-9(14-7)6-3-10(12,13)4-6/h6H,2-5H2,1H3. The highest BCUT2D eigenvalue weighted by atomic mass is 35.5. The summed E-state index contributed by atoms with van der Waals surface area (Å²) in [6.07, 6.45) is 0.408. The minimum atomic E-state index is -2.54. The van der Waals surface area contributed by atoms with E-state index in [2.05, 4.69) is 4.98 Å². The van der Waals surface area contributed by atoms with E-state index in [0.29, 0.717) is 18.1 Å². The Morgan fingerprint density at radius 1 is 1.53 bits per heavy atom. The van der Waals surface area contributed by atoms with Gasteiger partial charge in [0.1, 0.15) is 5.76 Å². The summed E-state index contributed by atoms with van der Waals surface area (Å²) in [5.41, 5.74) is 0.787. The number of aromatic nitrogens is 1. The van der Waals surface area contributed by atoms with Crippen molar-refractivity contribution in [1.29, 1.82) is 0 Å². The molecular formula is C10H12ClF2NO. The van der Waals surface area contributed by atoms with Crippen molar-refractivity contribution >= 4 is 11.6 Å². The van der Waals surface area contributed by atoms with Crippen LogP contribution in [-0.2, 0) is 12.3 Å². The van der Waals surface area contributed by atoms with Gasteiger partial charge in [0.2, 0.25) is 5.92 Å². The Labute approximate surface area is 91.6 Å². The van der Waals surface area contributed by atoms with Crippen LogP contribution >= 0.6 is 11.6 Å². The molecule has 0 bridgehead atoms. The van der Waals surface area contributed by atoms with Crippen molar-refractivity contribution < 1.29 is 13.2 Å². The van der Waals surface area contributed by atoms with Gasteiger partial charge in [-0.05, 0) is 6.42 Å². The maximum absolute atomic E-state index is 12.6. The van der Waals surface area contributed by atoms with E-state index >= 15 is 0 Å². The minimum absolute atomic E-state index is 0.154. The van der Waals surface area contributed by atoms with Crippen molar-refractivity contribution in [1.82, 2.24) is 4.98 Å². The van der Waals surface area contributed by atoms with E-state index in [9.17, 15) is 8.78 Å². The van der Waals surface area contributed by atoms with Crippen molar-refractivity contribution in [2.24, 2.45) is 0 Å². The van der Waals surface area contributed by atoms with Crippen molar-refractivity contribution in [3.05, 3.63) is 17.3 Å². The Kier molecular flexibility index (Phi) is 2.71. The predicted octanol–water partition coefficient (Wildman–Crippen LogP) is 3.49. The van der Waals surface area contributed by atoms with Crippen LogP contribution in [0.15, 0.2) is 4.42 Å². The SMILES string of the molecule is CCc1nc(C2CC(F)(F)C2)oc1CCl. The first-order valence-electron chi connectivity index (χ1n) is 4.98. The summed E-state index contributed by atoms with van der Waals surface area (Å²) in [6, 6.07) is 0. The minimum Gasteiger partial charge on any atom is -0.444 e. The molecule has 5 heteroatoms. The second-order valence-corrected chi connectivity index (χ2v) is 4.14. The highest BCUT2D eigenvalue weighted by Crippen LogP contribution is 2.48. The average molecular weight is 236 g/mol. The summed E-state index contributed by atoms with van der Waals surface area (Å²) < 4.78 is 30.7. The number of rotatable bonds is 3. The van der Waals surface area contributed by atoms with Gasteiger partial charge in [0.15, 0.2) is 5.89 Å². The van der Waals surface area contributed by atoms with Gasteiger partial charge < -0.3 is 4.42 Å². The summed E-state index contributed by atoms with van der Waals surface area (Å²) in [4.78, 5) is 4.20. The maximum atomic E-state index is 12.6. The van der Waals surface area contributed by atoms with Crippen LogP contribution in [0.25, 0.3) is 0 Å². The zero-order valence-electron chi connectivity index (χ0n) is 8.40. The van der Waals surface area contributed by atoms with E-state index in [1.165, 1.54) is 0 Å². The van der Waals surface area contributed by atoms with Gasteiger partial charge in [0, 0.05) is 18.8 Å². The van der Waals surface area contributed by atoms with Gasteiger partial charge in [-0.25, -0.2) is 13.8 Å². The van der Waals surface area contributed by atoms with E-state index in [1.54, 1.807) is 0 Å². The van der Waals surface area contributed by atoms with Crippen molar-refractivity contribution in [2.45, 2.75) is 43.9 Å². The number of aryl methyl sites for hydroxylation is 1. The highest BCUT2D eigenvalue weighted by molar-refractivity contribution is 6.16. The molecule has 1 aliphatic rings. The molecule has 1 aromatic heterocycles. The number of alkyl halides is 3. The smallest absolute Gasteiger partial charge is 0.249 e. The fraction of sp³-hybridized carbons (Fsp3) is 0.700. The molecule has 2 rings (SSSR count). The van der Waals surface area contributed by atoms with Gasteiger partial charge >= 0.3 is 0 Å². The summed E-state index contributed by atoms with van der Waals surface area (Å²) in [5, 5.41) is 0. The van der Waals surface area contributed by atoms with Gasteiger partial charge in [-0.1, -0.05) is 6.92 Å². The molecule has 84 valence electrons. The van der Waals surface area contributed by atoms with Gasteiger partial charge in [-0.2, -0.15) is 0 Å². The predicted molar refractivity (Wildman–Crippen MR) is 52.4 cm³/mol. The van der Waals surface area contributed by atoms with Crippen LogP contribution < -0.4 is 0 Å². The van der Waals surface area contributed by atoms with Crippen molar-refractivity contribution in [2.75, 3.05) is 0 Å². The molecule has 0 spiro atoms. The van der Waals surface area contributed by atoms with Crippen molar-refractivity contribution in [3.63, 3.8) is 0 Å². The lowest BCUT2D eigenvalue weighted by Crippen LogP contribution is -2.33. The van der Waals surface area contributed by atoms with Gasteiger partial charge in [-0.3, -0.25) is 0 Å². The van der Waals surface area contributed by atoms with Gasteiger partial charge in [0.25, 0.3) is 0 Å². The molecule has 0 aliphatic heterocycles. The number of hydrogen-bond donors (Lipinski definition) is 0. The Morgan fingerprint density at radius 2 is 2.20 bits per heavy atom. The molecule has 0 N–H and O–H groups in total. The second kappa shape index (κ2) is 3.74. The molecule has 1 aliphatic carbocycles. The molecule has 1 aromatic rings. The van der Waals surface area contributed by atoms with Crippen LogP contribution in [0, 0.1) is 0 Å². The largest absolute Gasteiger partial charge is 0.444 e. The molecule has 1 fully saturated rings. The van der Waals surface area contributed by atoms with Gasteiger partial charge in [0.05, 0.1) is 11.6 Å². The topological polar surface area (TPSA) is 26.0 Å². The molecular weight excluding hydrogens is 224 g/mol. The first kappa shape index (κ1) is 10.9. The highest BCUT2D eigenvalue weighted by Gasteiger charge is 2.48. The van der Waals surface area contributed by atoms with Crippen LogP contribution in [0.3, 0.4) is 0 Å². The van der Waals surface area contributed by atoms with E-state index in [4.69, 9.17) is 16.0 Å². The van der Waals surface area contributed by atoms with E-state index < -0.39 is 5.92 Å². The summed E-state index contributed by atoms with van der Waals surface area (Å²) in [6.45, 7) is 1.94. The number of nitrogens with zero attached hydrogens (tertiary/aromatic N) is 1. The monoisotopic (exact) mass is 235 g/mol. The molecule has 0 unspecified atom stereocenters. The van der Waals surface area contributed by atoms with Crippen LogP contribution in [0.2, 0.25) is 0 Å². The molecule has 0 radical (unpaired) electrons. The lowest BCUT2D eigenvalue weighted by atomic mass is 9.81. The fourth-order valence-electron chi connectivity index (χ4n) is 1.79. The molecule has 1 heterocycles. The lowest BCUT2D eigenvalue weighted by Gasteiger charge is -2.32. The van der Waals surface area contributed by atoms with E-state index in [1.807, 2.05) is 6.92 Å². The Morgan fingerprint density at radius 3 is 2.60 bits per heavy atom. The molecule has 0 atom stereocenters. The molecule has 0 saturated heterocycles. The van der Waals surface area contributed by atoms with Crippen molar-refractivity contribution in [3.8, 4) is 0 Å². The first-order valence-corrected chi connectivity index (χ1v) is 5.51. The van der Waals surface area contributed by atoms with Crippen LogP contribution in [0.4, 0.5) is 8.78 Å². The number of hydrogen-bond acceptors (Lipinski definition) is 2. The fourth-order valence-corrected chi connectivity index (χ4v) is 2.00. The third kappa shape index (κ3) is 2.00. The summed E-state index contributed by atoms with van der Waals surface area (Å²) >= 11 is 5.66. The Hall–Kier alpha value is -0.640. The average Bonchev–Trinajstić information content (AvgIpc) is 2.56. The molecule has 0 amide bonds. The number of halogens is 3. The number of oxazole rings is 1. The third-order valence-electron chi connectivity index (χ3n) is 2.69. The van der Waals surface area contributed by atoms with Gasteiger partial charge in [-0.15, -0.1) is 11.6 Å². The first-order chi connectivity index (χ1) is 7.05. The molecule has 15 heavy (non-hydrogen) atoms. The summed E-state index contributed by atoms with van der Waals surface area (Å²) in [7, 11) is 0. The normalized spacial score (nSPS) is 20.3. The Bertz CT molecular complexity index is 335. The van der Waals surface area contributed by atoms with E-state index in [-0.39, 0.29) is 24.6 Å². The molecule has 2 nitrogen and oxygen atoms in total. The maximum Gasteiger partial charge on any atom is 0.249 e. The van der Waals surface area contributed by atoms with Crippen LogP contribution in [0.1, 0.15) is 43.0 Å². The van der Waals surface area contributed by atoms with Crippen LogP contribution in [0.5, 0.6) is 0 Å². The molecule has 0 aromatic carbocycles. The second-order valence-electron chi connectivity index (χ2n) is 3.87. The zero-order valence-corrected chi connectivity index (χ0v) is 9.15.